The van der Waals surface area contributed by atoms with Crippen molar-refractivity contribution in [1.82, 2.24) is 15.1 Å². The van der Waals surface area contributed by atoms with Crippen LogP contribution in [0, 0.1) is 5.41 Å². The summed E-state index contributed by atoms with van der Waals surface area (Å²) in [7, 11) is 0. The lowest BCUT2D eigenvalue weighted by atomic mass is 9.89. The van der Waals surface area contributed by atoms with E-state index >= 15 is 0 Å². The predicted molar refractivity (Wildman–Crippen MR) is 75.0 cm³/mol. The Hall–Kier alpha value is -0.870. The molecule has 0 aromatic carbocycles. The van der Waals surface area contributed by atoms with Crippen LogP contribution >= 0.6 is 0 Å². The Morgan fingerprint density at radius 2 is 2.16 bits per heavy atom. The second-order valence-electron chi connectivity index (χ2n) is 6.49. The minimum atomic E-state index is 0.339. The summed E-state index contributed by atoms with van der Waals surface area (Å²) in [6.45, 7) is 5.93. The van der Waals surface area contributed by atoms with Crippen LogP contribution in [-0.4, -0.2) is 29.5 Å². The van der Waals surface area contributed by atoms with Gasteiger partial charge in [-0.3, -0.25) is 4.68 Å². The molecule has 0 atom stereocenters. The van der Waals surface area contributed by atoms with Crippen LogP contribution in [0.4, 0.5) is 0 Å². The molecule has 4 heteroatoms. The first kappa shape index (κ1) is 13.1. The molecule has 0 spiro atoms. The fourth-order valence-electron chi connectivity index (χ4n) is 3.07. The van der Waals surface area contributed by atoms with Gasteiger partial charge in [-0.05, 0) is 18.9 Å². The average Bonchev–Trinajstić information content (AvgIpc) is 2.87. The van der Waals surface area contributed by atoms with Crippen molar-refractivity contribution in [2.45, 2.75) is 51.6 Å². The van der Waals surface area contributed by atoms with Crippen molar-refractivity contribution < 1.29 is 4.74 Å². The van der Waals surface area contributed by atoms with Gasteiger partial charge in [-0.1, -0.05) is 26.2 Å². The molecule has 1 saturated carbocycles. The first-order valence-electron chi connectivity index (χ1n) is 7.58. The minimum Gasteiger partial charge on any atom is -0.380 e. The lowest BCUT2D eigenvalue weighted by Gasteiger charge is -2.38. The van der Waals surface area contributed by atoms with Crippen molar-refractivity contribution in [2.24, 2.45) is 5.41 Å². The van der Waals surface area contributed by atoms with E-state index in [1.54, 1.807) is 0 Å². The van der Waals surface area contributed by atoms with E-state index in [1.807, 2.05) is 0 Å². The van der Waals surface area contributed by atoms with Gasteiger partial charge < -0.3 is 10.1 Å². The Kier molecular flexibility index (Phi) is 3.89. The van der Waals surface area contributed by atoms with E-state index in [9.17, 15) is 0 Å². The summed E-state index contributed by atoms with van der Waals surface area (Å²) in [6, 6.07) is 2.79. The highest BCUT2D eigenvalue weighted by Gasteiger charge is 2.32. The van der Waals surface area contributed by atoms with E-state index in [1.165, 1.54) is 32.1 Å². The number of nitrogens with zero attached hydrogens (tertiary/aromatic N) is 2. The molecule has 2 fully saturated rings. The van der Waals surface area contributed by atoms with Crippen LogP contribution in [-0.2, 0) is 11.3 Å². The van der Waals surface area contributed by atoms with Gasteiger partial charge in [0.2, 0.25) is 0 Å². The third-order valence-corrected chi connectivity index (χ3v) is 4.37. The molecule has 2 aliphatic rings. The van der Waals surface area contributed by atoms with Gasteiger partial charge in [0.1, 0.15) is 0 Å². The van der Waals surface area contributed by atoms with Gasteiger partial charge in [-0.15, -0.1) is 0 Å². The SMILES string of the molecule is CC1(CNCc2ccn(C3CCCCC3)n2)COC1. The predicted octanol–water partition coefficient (Wildman–Crippen LogP) is 2.51. The zero-order valence-corrected chi connectivity index (χ0v) is 11.9. The van der Waals surface area contributed by atoms with Crippen molar-refractivity contribution in [3.63, 3.8) is 0 Å². The molecule has 0 bridgehead atoms. The normalized spacial score (nSPS) is 23.2. The molecule has 1 saturated heterocycles. The molecular weight excluding hydrogens is 238 g/mol. The molecule has 4 nitrogen and oxygen atoms in total. The molecule has 0 radical (unpaired) electrons. The van der Waals surface area contributed by atoms with Crippen LogP contribution in [0.2, 0.25) is 0 Å². The van der Waals surface area contributed by atoms with Crippen LogP contribution < -0.4 is 5.32 Å². The Balaban J connectivity index is 1.47. The largest absolute Gasteiger partial charge is 0.380 e. The molecule has 1 aromatic rings. The highest BCUT2D eigenvalue weighted by molar-refractivity contribution is 5.00. The van der Waals surface area contributed by atoms with Gasteiger partial charge in [-0.2, -0.15) is 5.10 Å². The molecule has 1 aliphatic heterocycles. The molecule has 1 N–H and O–H groups in total. The van der Waals surface area contributed by atoms with Crippen LogP contribution in [0.3, 0.4) is 0 Å². The highest BCUT2D eigenvalue weighted by atomic mass is 16.5. The molecule has 0 amide bonds. The summed E-state index contributed by atoms with van der Waals surface area (Å²) in [5.41, 5.74) is 1.50. The van der Waals surface area contributed by atoms with E-state index < -0.39 is 0 Å². The Morgan fingerprint density at radius 1 is 1.37 bits per heavy atom. The number of rotatable bonds is 5. The van der Waals surface area contributed by atoms with Gasteiger partial charge in [-0.25, -0.2) is 0 Å². The van der Waals surface area contributed by atoms with Crippen molar-refractivity contribution in [3.8, 4) is 0 Å². The zero-order chi connectivity index (χ0) is 13.1. The third-order valence-electron chi connectivity index (χ3n) is 4.37. The van der Waals surface area contributed by atoms with Crippen molar-refractivity contribution >= 4 is 0 Å². The first-order valence-corrected chi connectivity index (χ1v) is 7.58. The second kappa shape index (κ2) is 5.63. The van der Waals surface area contributed by atoms with E-state index in [2.05, 4.69) is 29.2 Å². The maximum atomic E-state index is 5.26. The van der Waals surface area contributed by atoms with Crippen LogP contribution in [0.25, 0.3) is 0 Å². The molecule has 1 aliphatic carbocycles. The smallest absolute Gasteiger partial charge is 0.0762 e. The third kappa shape index (κ3) is 3.18. The molecule has 19 heavy (non-hydrogen) atoms. The molecule has 2 heterocycles. The number of nitrogens with one attached hydrogen (secondary N) is 1. The summed E-state index contributed by atoms with van der Waals surface area (Å²) in [5.74, 6) is 0. The summed E-state index contributed by atoms with van der Waals surface area (Å²) < 4.78 is 7.45. The van der Waals surface area contributed by atoms with E-state index in [4.69, 9.17) is 9.84 Å². The van der Waals surface area contributed by atoms with Gasteiger partial charge in [0.05, 0.1) is 24.9 Å². The minimum absolute atomic E-state index is 0.339. The number of aromatic nitrogens is 2. The number of ether oxygens (including phenoxy) is 1. The van der Waals surface area contributed by atoms with E-state index in [0.29, 0.717) is 11.5 Å². The van der Waals surface area contributed by atoms with Gasteiger partial charge in [0.25, 0.3) is 0 Å². The van der Waals surface area contributed by atoms with Gasteiger partial charge >= 0.3 is 0 Å². The Labute approximate surface area is 115 Å². The Morgan fingerprint density at radius 3 is 2.84 bits per heavy atom. The van der Waals surface area contributed by atoms with Crippen molar-refractivity contribution in [3.05, 3.63) is 18.0 Å². The molecule has 0 unspecified atom stereocenters. The van der Waals surface area contributed by atoms with Gasteiger partial charge in [0.15, 0.2) is 0 Å². The summed E-state index contributed by atoms with van der Waals surface area (Å²) in [4.78, 5) is 0. The van der Waals surface area contributed by atoms with Gasteiger partial charge in [0, 0.05) is 24.7 Å². The van der Waals surface area contributed by atoms with Crippen molar-refractivity contribution in [1.29, 1.82) is 0 Å². The van der Waals surface area contributed by atoms with Crippen LogP contribution in [0.5, 0.6) is 0 Å². The maximum absolute atomic E-state index is 5.26. The second-order valence-corrected chi connectivity index (χ2v) is 6.49. The molecule has 106 valence electrons. The first-order chi connectivity index (χ1) is 9.25. The Bertz CT molecular complexity index is 405. The standard InChI is InChI=1S/C15H25N3O/c1-15(11-19-12-15)10-16-9-13-7-8-18(17-13)14-5-3-2-4-6-14/h7-8,14,16H,2-6,9-12H2,1H3. The van der Waals surface area contributed by atoms with E-state index in [0.717, 1.165) is 32.0 Å². The average molecular weight is 263 g/mol. The summed E-state index contributed by atoms with van der Waals surface area (Å²) in [5, 5.41) is 8.22. The molecular formula is C15H25N3O. The monoisotopic (exact) mass is 263 g/mol. The zero-order valence-electron chi connectivity index (χ0n) is 11.9. The highest BCUT2D eigenvalue weighted by Crippen LogP contribution is 2.27. The van der Waals surface area contributed by atoms with Crippen molar-refractivity contribution in [2.75, 3.05) is 19.8 Å². The topological polar surface area (TPSA) is 39.1 Å². The van der Waals surface area contributed by atoms with Crippen LogP contribution in [0.15, 0.2) is 12.3 Å². The maximum Gasteiger partial charge on any atom is 0.0762 e. The lowest BCUT2D eigenvalue weighted by Crippen LogP contribution is -2.47. The summed E-state index contributed by atoms with van der Waals surface area (Å²) in [6.07, 6.45) is 8.86. The molecule has 3 rings (SSSR count). The quantitative estimate of drug-likeness (QED) is 0.887. The van der Waals surface area contributed by atoms with E-state index in [-0.39, 0.29) is 0 Å². The molecule has 1 aromatic heterocycles. The fraction of sp³-hybridized carbons (Fsp3) is 0.800. The lowest BCUT2D eigenvalue weighted by molar-refractivity contribution is -0.0991. The van der Waals surface area contributed by atoms with Crippen LogP contribution in [0.1, 0.15) is 50.8 Å². The number of hydrogen-bond donors (Lipinski definition) is 1. The fourth-order valence-corrected chi connectivity index (χ4v) is 3.07. The number of hydrogen-bond acceptors (Lipinski definition) is 3. The summed E-state index contributed by atoms with van der Waals surface area (Å²) >= 11 is 0.